The molecular formula is C17H16Cl2N2O. The van der Waals surface area contributed by atoms with Crippen molar-refractivity contribution in [3.05, 3.63) is 63.6 Å². The number of amides is 1. The Hall–Kier alpha value is -1.71. The Morgan fingerprint density at radius 3 is 2.68 bits per heavy atom. The highest BCUT2D eigenvalue weighted by atomic mass is 35.5. The van der Waals surface area contributed by atoms with Gasteiger partial charge in [0, 0.05) is 27.8 Å². The molecule has 0 saturated carbocycles. The van der Waals surface area contributed by atoms with Gasteiger partial charge in [-0.3, -0.25) is 4.79 Å². The first kappa shape index (κ1) is 15.2. The second-order valence-corrected chi connectivity index (χ2v) is 6.10. The topological polar surface area (TPSA) is 32.3 Å². The summed E-state index contributed by atoms with van der Waals surface area (Å²) in [6.45, 7) is 2.71. The Morgan fingerprint density at radius 2 is 1.95 bits per heavy atom. The van der Waals surface area contributed by atoms with E-state index in [1.807, 2.05) is 42.2 Å². The van der Waals surface area contributed by atoms with Crippen LogP contribution in [-0.2, 0) is 0 Å². The van der Waals surface area contributed by atoms with Crippen LogP contribution in [0.5, 0.6) is 0 Å². The minimum atomic E-state index is -0.285. The van der Waals surface area contributed by atoms with Crippen LogP contribution in [0.4, 0.5) is 5.69 Å². The van der Waals surface area contributed by atoms with Crippen molar-refractivity contribution in [2.45, 2.75) is 19.5 Å². The van der Waals surface area contributed by atoms with Gasteiger partial charge in [0.05, 0.1) is 5.56 Å². The van der Waals surface area contributed by atoms with E-state index in [0.29, 0.717) is 22.2 Å². The number of fused-ring (bicyclic) bond motifs is 1. The molecular weight excluding hydrogens is 319 g/mol. The summed E-state index contributed by atoms with van der Waals surface area (Å²) in [5.41, 5.74) is 2.37. The molecule has 0 saturated heterocycles. The Balaban J connectivity index is 2.07. The normalized spacial score (nSPS) is 17.1. The van der Waals surface area contributed by atoms with E-state index in [0.717, 1.165) is 17.7 Å². The first-order valence-corrected chi connectivity index (χ1v) is 7.99. The molecule has 0 spiro atoms. The second-order valence-electron chi connectivity index (χ2n) is 5.26. The van der Waals surface area contributed by atoms with Crippen molar-refractivity contribution in [3.63, 3.8) is 0 Å². The maximum Gasteiger partial charge on any atom is 0.257 e. The first-order valence-electron chi connectivity index (χ1n) is 7.23. The summed E-state index contributed by atoms with van der Waals surface area (Å²) in [5, 5.41) is 4.55. The van der Waals surface area contributed by atoms with Gasteiger partial charge in [-0.25, -0.2) is 0 Å². The molecule has 1 aliphatic heterocycles. The predicted molar refractivity (Wildman–Crippen MR) is 90.6 cm³/mol. The summed E-state index contributed by atoms with van der Waals surface area (Å²) in [6.07, 6.45) is 0.587. The fraction of sp³-hybridized carbons (Fsp3) is 0.235. The fourth-order valence-corrected chi connectivity index (χ4v) is 3.24. The number of rotatable bonds is 3. The van der Waals surface area contributed by atoms with Gasteiger partial charge in [0.25, 0.3) is 5.91 Å². The maximum absolute atomic E-state index is 12.8. The van der Waals surface area contributed by atoms with E-state index in [1.165, 1.54) is 0 Å². The Morgan fingerprint density at radius 1 is 1.18 bits per heavy atom. The van der Waals surface area contributed by atoms with E-state index < -0.39 is 0 Å². The zero-order valence-electron chi connectivity index (χ0n) is 12.1. The van der Waals surface area contributed by atoms with Gasteiger partial charge < -0.3 is 10.2 Å². The highest BCUT2D eigenvalue weighted by molar-refractivity contribution is 6.35. The predicted octanol–water partition coefficient (Wildman–Crippen LogP) is 4.97. The van der Waals surface area contributed by atoms with Crippen molar-refractivity contribution in [1.29, 1.82) is 0 Å². The molecule has 1 atom stereocenters. The van der Waals surface area contributed by atoms with Crippen molar-refractivity contribution in [3.8, 4) is 0 Å². The molecule has 0 radical (unpaired) electrons. The lowest BCUT2D eigenvalue weighted by atomic mass is 10.0. The van der Waals surface area contributed by atoms with Gasteiger partial charge in [0.15, 0.2) is 0 Å². The van der Waals surface area contributed by atoms with Crippen LogP contribution < -0.4 is 5.32 Å². The van der Waals surface area contributed by atoms with Crippen LogP contribution >= 0.6 is 23.2 Å². The summed E-state index contributed by atoms with van der Waals surface area (Å²) in [5.74, 6) is 0.0206. The molecule has 0 fully saturated rings. The average Bonchev–Trinajstić information content (AvgIpc) is 2.50. The monoisotopic (exact) mass is 334 g/mol. The summed E-state index contributed by atoms with van der Waals surface area (Å²) in [6, 6.07) is 12.9. The van der Waals surface area contributed by atoms with Crippen LogP contribution in [0.1, 0.15) is 35.4 Å². The van der Waals surface area contributed by atoms with E-state index in [1.54, 1.807) is 12.1 Å². The Labute approximate surface area is 139 Å². The second kappa shape index (κ2) is 6.19. The SMILES string of the molecule is CCCN1C(=O)c2ccccc2NC1c1ccc(Cl)cc1Cl. The maximum atomic E-state index is 12.8. The molecule has 0 aromatic heterocycles. The number of nitrogens with zero attached hydrogens (tertiary/aromatic N) is 1. The largest absolute Gasteiger partial charge is 0.361 e. The van der Waals surface area contributed by atoms with Crippen LogP contribution in [0.3, 0.4) is 0 Å². The smallest absolute Gasteiger partial charge is 0.257 e. The number of carbonyl (C=O) groups excluding carboxylic acids is 1. The van der Waals surface area contributed by atoms with Crippen LogP contribution in [0.15, 0.2) is 42.5 Å². The molecule has 3 rings (SSSR count). The molecule has 114 valence electrons. The van der Waals surface area contributed by atoms with Gasteiger partial charge >= 0.3 is 0 Å². The molecule has 2 aromatic carbocycles. The zero-order chi connectivity index (χ0) is 15.7. The molecule has 1 heterocycles. The van der Waals surface area contributed by atoms with Crippen LogP contribution in [0, 0.1) is 0 Å². The molecule has 22 heavy (non-hydrogen) atoms. The lowest BCUT2D eigenvalue weighted by molar-refractivity contribution is 0.0683. The van der Waals surface area contributed by atoms with E-state index in [-0.39, 0.29) is 12.1 Å². The lowest BCUT2D eigenvalue weighted by Gasteiger charge is -2.38. The third-order valence-corrected chi connectivity index (χ3v) is 4.31. The number of hydrogen-bond donors (Lipinski definition) is 1. The van der Waals surface area contributed by atoms with Gasteiger partial charge in [-0.2, -0.15) is 0 Å². The van der Waals surface area contributed by atoms with E-state index >= 15 is 0 Å². The van der Waals surface area contributed by atoms with Crippen LogP contribution in [-0.4, -0.2) is 17.4 Å². The number of hydrogen-bond acceptors (Lipinski definition) is 2. The minimum absolute atomic E-state index is 0.0206. The fourth-order valence-electron chi connectivity index (χ4n) is 2.73. The molecule has 0 aliphatic carbocycles. The minimum Gasteiger partial charge on any atom is -0.361 e. The third-order valence-electron chi connectivity index (χ3n) is 3.74. The average molecular weight is 335 g/mol. The summed E-state index contributed by atoms with van der Waals surface area (Å²) in [4.78, 5) is 14.6. The van der Waals surface area contributed by atoms with Crippen molar-refractivity contribution in [2.75, 3.05) is 11.9 Å². The van der Waals surface area contributed by atoms with Crippen molar-refractivity contribution in [1.82, 2.24) is 4.90 Å². The van der Waals surface area contributed by atoms with Crippen LogP contribution in [0.25, 0.3) is 0 Å². The Bertz CT molecular complexity index is 718. The zero-order valence-corrected chi connectivity index (χ0v) is 13.7. The number of para-hydroxylation sites is 1. The molecule has 1 N–H and O–H groups in total. The molecule has 5 heteroatoms. The number of nitrogens with one attached hydrogen (secondary N) is 1. The van der Waals surface area contributed by atoms with Gasteiger partial charge in [-0.15, -0.1) is 0 Å². The molecule has 1 unspecified atom stereocenters. The van der Waals surface area contributed by atoms with Gasteiger partial charge in [0.1, 0.15) is 6.17 Å². The van der Waals surface area contributed by atoms with E-state index in [4.69, 9.17) is 23.2 Å². The molecule has 1 aliphatic rings. The lowest BCUT2D eigenvalue weighted by Crippen LogP contribution is -2.43. The van der Waals surface area contributed by atoms with Crippen LogP contribution in [0.2, 0.25) is 10.0 Å². The van der Waals surface area contributed by atoms with Gasteiger partial charge in [-0.1, -0.05) is 48.3 Å². The highest BCUT2D eigenvalue weighted by Crippen LogP contribution is 2.36. The molecule has 3 nitrogen and oxygen atoms in total. The van der Waals surface area contributed by atoms with E-state index in [9.17, 15) is 4.79 Å². The quantitative estimate of drug-likeness (QED) is 0.859. The van der Waals surface area contributed by atoms with Crippen molar-refractivity contribution in [2.24, 2.45) is 0 Å². The van der Waals surface area contributed by atoms with E-state index in [2.05, 4.69) is 5.32 Å². The summed E-state index contributed by atoms with van der Waals surface area (Å²) < 4.78 is 0. The number of carbonyl (C=O) groups is 1. The highest BCUT2D eigenvalue weighted by Gasteiger charge is 2.33. The molecule has 1 amide bonds. The van der Waals surface area contributed by atoms with Gasteiger partial charge in [0.2, 0.25) is 0 Å². The number of benzene rings is 2. The third kappa shape index (κ3) is 2.67. The number of halogens is 2. The summed E-state index contributed by atoms with van der Waals surface area (Å²) in [7, 11) is 0. The standard InChI is InChI=1S/C17H16Cl2N2O/c1-2-9-21-16(12-8-7-11(18)10-14(12)19)20-15-6-4-3-5-13(15)17(21)22/h3-8,10,16,20H,2,9H2,1H3. The van der Waals surface area contributed by atoms with Crippen molar-refractivity contribution < 1.29 is 4.79 Å². The summed E-state index contributed by atoms with van der Waals surface area (Å²) >= 11 is 12.3. The van der Waals surface area contributed by atoms with Gasteiger partial charge in [-0.05, 0) is 30.7 Å². The Kier molecular flexibility index (Phi) is 4.27. The molecule has 2 aromatic rings. The first-order chi connectivity index (χ1) is 10.6. The van der Waals surface area contributed by atoms with Crippen molar-refractivity contribution >= 4 is 34.8 Å². The molecule has 0 bridgehead atoms. The number of anilines is 1.